The predicted molar refractivity (Wildman–Crippen MR) is 66.3 cm³/mol. The Bertz CT molecular complexity index is 307. The highest BCUT2D eigenvalue weighted by Gasteiger charge is 2.05. The van der Waals surface area contributed by atoms with Gasteiger partial charge in [-0.25, -0.2) is 0 Å². The van der Waals surface area contributed by atoms with Crippen LogP contribution in [-0.4, -0.2) is 30.4 Å². The Kier molecular flexibility index (Phi) is 5.57. The van der Waals surface area contributed by atoms with Crippen LogP contribution in [0, 0.1) is 6.07 Å². The van der Waals surface area contributed by atoms with Gasteiger partial charge in [0, 0.05) is 24.7 Å². The second-order valence-electron chi connectivity index (χ2n) is 3.60. The summed E-state index contributed by atoms with van der Waals surface area (Å²) in [6.07, 6.45) is 0.532. The SMILES string of the molecule is CCN(CC)CCC(=O)Nc1[c]cccc1. The molecule has 0 aliphatic carbocycles. The van der Waals surface area contributed by atoms with Crippen LogP contribution < -0.4 is 5.32 Å². The van der Waals surface area contributed by atoms with Crippen LogP contribution in [0.15, 0.2) is 24.3 Å². The summed E-state index contributed by atoms with van der Waals surface area (Å²) in [4.78, 5) is 13.8. The maximum Gasteiger partial charge on any atom is 0.225 e. The van der Waals surface area contributed by atoms with Gasteiger partial charge in [0.25, 0.3) is 0 Å². The molecule has 0 aliphatic heterocycles. The maximum absolute atomic E-state index is 11.6. The van der Waals surface area contributed by atoms with E-state index in [2.05, 4.69) is 30.1 Å². The Labute approximate surface area is 97.5 Å². The van der Waals surface area contributed by atoms with Crippen LogP contribution in [0.5, 0.6) is 0 Å². The molecule has 3 heteroatoms. The zero-order valence-electron chi connectivity index (χ0n) is 9.99. The van der Waals surface area contributed by atoms with Gasteiger partial charge in [-0.1, -0.05) is 32.0 Å². The van der Waals surface area contributed by atoms with Crippen molar-refractivity contribution in [1.29, 1.82) is 0 Å². The van der Waals surface area contributed by atoms with Crippen molar-refractivity contribution < 1.29 is 4.79 Å². The molecule has 0 heterocycles. The summed E-state index contributed by atoms with van der Waals surface area (Å²) in [5.74, 6) is 0.0503. The molecule has 87 valence electrons. The summed E-state index contributed by atoms with van der Waals surface area (Å²) in [6, 6.07) is 10.4. The molecule has 1 rings (SSSR count). The first kappa shape index (κ1) is 12.7. The van der Waals surface area contributed by atoms with Gasteiger partial charge in [-0.05, 0) is 19.2 Å². The summed E-state index contributed by atoms with van der Waals surface area (Å²) >= 11 is 0. The predicted octanol–water partition coefficient (Wildman–Crippen LogP) is 2.16. The molecule has 1 amide bonds. The first-order valence-corrected chi connectivity index (χ1v) is 5.75. The van der Waals surface area contributed by atoms with E-state index in [9.17, 15) is 4.79 Å². The number of para-hydroxylation sites is 1. The molecule has 0 unspecified atom stereocenters. The minimum Gasteiger partial charge on any atom is -0.325 e. The van der Waals surface area contributed by atoms with Crippen molar-refractivity contribution in [1.82, 2.24) is 4.90 Å². The Morgan fingerprint density at radius 3 is 2.69 bits per heavy atom. The summed E-state index contributed by atoms with van der Waals surface area (Å²) in [6.45, 7) is 6.99. The fourth-order valence-electron chi connectivity index (χ4n) is 1.48. The molecule has 1 radical (unpaired) electrons. The highest BCUT2D eigenvalue weighted by atomic mass is 16.1. The molecule has 0 spiro atoms. The summed E-state index contributed by atoms with van der Waals surface area (Å²) in [5, 5.41) is 2.82. The van der Waals surface area contributed by atoms with Crippen LogP contribution in [0.4, 0.5) is 5.69 Å². The summed E-state index contributed by atoms with van der Waals surface area (Å²) in [5.41, 5.74) is 0.743. The third kappa shape index (κ3) is 4.45. The largest absolute Gasteiger partial charge is 0.325 e. The van der Waals surface area contributed by atoms with Crippen LogP contribution in [0.3, 0.4) is 0 Å². The van der Waals surface area contributed by atoms with Crippen LogP contribution in [-0.2, 0) is 4.79 Å². The Morgan fingerprint density at radius 1 is 1.38 bits per heavy atom. The summed E-state index contributed by atoms with van der Waals surface area (Å²) < 4.78 is 0. The lowest BCUT2D eigenvalue weighted by atomic mass is 10.3. The van der Waals surface area contributed by atoms with E-state index in [1.165, 1.54) is 0 Å². The Hall–Kier alpha value is -1.35. The standard InChI is InChI=1S/C13H19N2O/c1-3-15(4-2)11-10-13(16)14-12-8-6-5-7-9-12/h5-8H,3-4,10-11H2,1-2H3,(H,14,16). The van der Waals surface area contributed by atoms with E-state index in [1.807, 2.05) is 18.2 Å². The first-order valence-electron chi connectivity index (χ1n) is 5.75. The van der Waals surface area contributed by atoms with Gasteiger partial charge in [-0.3, -0.25) is 4.79 Å². The van der Waals surface area contributed by atoms with Crippen molar-refractivity contribution in [3.05, 3.63) is 30.3 Å². The number of nitrogens with one attached hydrogen (secondary N) is 1. The molecule has 16 heavy (non-hydrogen) atoms. The van der Waals surface area contributed by atoms with Crippen LogP contribution in [0.2, 0.25) is 0 Å². The van der Waals surface area contributed by atoms with Crippen LogP contribution in [0.25, 0.3) is 0 Å². The van der Waals surface area contributed by atoms with Crippen molar-refractivity contribution >= 4 is 11.6 Å². The maximum atomic E-state index is 11.6. The highest BCUT2D eigenvalue weighted by molar-refractivity contribution is 5.90. The second kappa shape index (κ2) is 7.01. The van der Waals surface area contributed by atoms with Crippen LogP contribution in [0.1, 0.15) is 20.3 Å². The first-order chi connectivity index (χ1) is 7.76. The summed E-state index contributed by atoms with van der Waals surface area (Å²) in [7, 11) is 0. The van der Waals surface area contributed by atoms with Crippen molar-refractivity contribution in [2.24, 2.45) is 0 Å². The molecule has 0 aliphatic rings. The number of hydrogen-bond donors (Lipinski definition) is 1. The molecule has 1 aromatic rings. The average Bonchev–Trinajstić information content (AvgIpc) is 2.31. The Morgan fingerprint density at radius 2 is 2.12 bits per heavy atom. The molecule has 1 aromatic carbocycles. The smallest absolute Gasteiger partial charge is 0.225 e. The lowest BCUT2D eigenvalue weighted by molar-refractivity contribution is -0.116. The molecular weight excluding hydrogens is 200 g/mol. The number of nitrogens with zero attached hydrogens (tertiary/aromatic N) is 1. The molecule has 1 N–H and O–H groups in total. The van der Waals surface area contributed by atoms with Gasteiger partial charge in [0.05, 0.1) is 0 Å². The zero-order valence-corrected chi connectivity index (χ0v) is 9.99. The van der Waals surface area contributed by atoms with Crippen molar-refractivity contribution in [3.8, 4) is 0 Å². The molecule has 0 bridgehead atoms. The molecule has 0 fully saturated rings. The number of carbonyl (C=O) groups excluding carboxylic acids is 1. The van der Waals surface area contributed by atoms with Crippen molar-refractivity contribution in [3.63, 3.8) is 0 Å². The van der Waals surface area contributed by atoms with E-state index < -0.39 is 0 Å². The molecular formula is C13H19N2O. The monoisotopic (exact) mass is 219 g/mol. The van der Waals surface area contributed by atoms with Crippen molar-refractivity contribution in [2.45, 2.75) is 20.3 Å². The number of carbonyl (C=O) groups is 1. The minimum absolute atomic E-state index is 0.0503. The number of amides is 1. The average molecular weight is 219 g/mol. The van der Waals surface area contributed by atoms with Crippen molar-refractivity contribution in [2.75, 3.05) is 25.0 Å². The number of rotatable bonds is 6. The lowest BCUT2D eigenvalue weighted by Crippen LogP contribution is -2.27. The van der Waals surface area contributed by atoms with E-state index in [1.54, 1.807) is 6.07 Å². The van der Waals surface area contributed by atoms with Gasteiger partial charge in [-0.15, -0.1) is 0 Å². The van der Waals surface area contributed by atoms with Gasteiger partial charge in [0.1, 0.15) is 0 Å². The third-order valence-electron chi connectivity index (χ3n) is 2.53. The van der Waals surface area contributed by atoms with E-state index in [0.717, 1.165) is 25.3 Å². The Balaban J connectivity index is 2.31. The molecule has 0 atom stereocenters. The quantitative estimate of drug-likeness (QED) is 0.795. The van der Waals surface area contributed by atoms with Gasteiger partial charge in [0.2, 0.25) is 5.91 Å². The third-order valence-corrected chi connectivity index (χ3v) is 2.53. The zero-order chi connectivity index (χ0) is 11.8. The number of hydrogen-bond acceptors (Lipinski definition) is 2. The van der Waals surface area contributed by atoms with E-state index in [0.29, 0.717) is 6.42 Å². The van der Waals surface area contributed by atoms with Gasteiger partial charge in [0.15, 0.2) is 0 Å². The van der Waals surface area contributed by atoms with E-state index in [-0.39, 0.29) is 5.91 Å². The van der Waals surface area contributed by atoms with Gasteiger partial charge in [-0.2, -0.15) is 0 Å². The normalized spacial score (nSPS) is 10.4. The molecule has 0 saturated heterocycles. The molecule has 3 nitrogen and oxygen atoms in total. The molecule has 0 saturated carbocycles. The fraction of sp³-hybridized carbons (Fsp3) is 0.462. The van der Waals surface area contributed by atoms with E-state index >= 15 is 0 Å². The van der Waals surface area contributed by atoms with Crippen LogP contribution >= 0.6 is 0 Å². The fourth-order valence-corrected chi connectivity index (χ4v) is 1.48. The van der Waals surface area contributed by atoms with Gasteiger partial charge < -0.3 is 10.2 Å². The second-order valence-corrected chi connectivity index (χ2v) is 3.60. The molecule has 0 aromatic heterocycles. The number of benzene rings is 1. The number of anilines is 1. The highest BCUT2D eigenvalue weighted by Crippen LogP contribution is 2.04. The van der Waals surface area contributed by atoms with Gasteiger partial charge >= 0.3 is 0 Å². The topological polar surface area (TPSA) is 32.3 Å². The minimum atomic E-state index is 0.0503. The lowest BCUT2D eigenvalue weighted by Gasteiger charge is -2.17. The van der Waals surface area contributed by atoms with E-state index in [4.69, 9.17) is 0 Å².